The summed E-state index contributed by atoms with van der Waals surface area (Å²) >= 11 is 0. The number of piperidine rings is 1. The quantitative estimate of drug-likeness (QED) is 0.818. The average molecular weight is 369 g/mol. The van der Waals surface area contributed by atoms with Crippen molar-refractivity contribution in [2.75, 3.05) is 18.0 Å². The number of rotatable bonds is 6. The number of aryl methyl sites for hydroxylation is 1. The number of amides is 2. The summed E-state index contributed by atoms with van der Waals surface area (Å²) in [4.78, 5) is 18.9. The van der Waals surface area contributed by atoms with Gasteiger partial charge in [-0.25, -0.2) is 4.79 Å². The van der Waals surface area contributed by atoms with E-state index in [-0.39, 0.29) is 18.6 Å². The minimum Gasteiger partial charge on any atom is -0.371 e. The van der Waals surface area contributed by atoms with Crippen molar-refractivity contribution in [1.82, 2.24) is 20.8 Å². The number of nitrogens with one attached hydrogen (secondary N) is 2. The van der Waals surface area contributed by atoms with Crippen LogP contribution in [0.4, 0.5) is 10.5 Å². The van der Waals surface area contributed by atoms with Gasteiger partial charge in [-0.05, 0) is 49.8 Å². The van der Waals surface area contributed by atoms with Gasteiger partial charge in [-0.2, -0.15) is 4.98 Å². The van der Waals surface area contributed by atoms with E-state index in [0.717, 1.165) is 51.0 Å². The van der Waals surface area contributed by atoms with Crippen LogP contribution < -0.4 is 15.5 Å². The van der Waals surface area contributed by atoms with Crippen molar-refractivity contribution in [2.24, 2.45) is 0 Å². The molecule has 2 fully saturated rings. The summed E-state index contributed by atoms with van der Waals surface area (Å²) < 4.78 is 5.18. The van der Waals surface area contributed by atoms with Gasteiger partial charge in [0, 0.05) is 30.7 Å². The van der Waals surface area contributed by atoms with Crippen molar-refractivity contribution < 1.29 is 9.32 Å². The first-order valence-corrected chi connectivity index (χ1v) is 9.92. The van der Waals surface area contributed by atoms with Gasteiger partial charge in [0.25, 0.3) is 0 Å². The third-order valence-corrected chi connectivity index (χ3v) is 5.34. The molecule has 2 aliphatic rings. The van der Waals surface area contributed by atoms with Crippen molar-refractivity contribution in [3.63, 3.8) is 0 Å². The smallest absolute Gasteiger partial charge is 0.315 e. The Hall–Kier alpha value is -2.57. The standard InChI is InChI=1S/C20H27N5O2/c1-2-14-4-3-5-17(12-14)25-10-8-16(9-11-25)22-20(26)21-13-18-23-19(24-27-18)15-6-7-15/h3-5,12,15-16H,2,6-11,13H2,1H3,(H2,21,22,26). The summed E-state index contributed by atoms with van der Waals surface area (Å²) in [5, 5.41) is 9.83. The van der Waals surface area contributed by atoms with E-state index >= 15 is 0 Å². The maximum absolute atomic E-state index is 12.1. The summed E-state index contributed by atoms with van der Waals surface area (Å²) in [6.45, 7) is 4.35. The van der Waals surface area contributed by atoms with Crippen LogP contribution in [0.2, 0.25) is 0 Å². The van der Waals surface area contributed by atoms with Gasteiger partial charge in [-0.15, -0.1) is 0 Å². The zero-order chi connectivity index (χ0) is 18.6. The molecule has 0 radical (unpaired) electrons. The second-order valence-electron chi connectivity index (χ2n) is 7.43. The first kappa shape index (κ1) is 17.8. The lowest BCUT2D eigenvalue weighted by Gasteiger charge is -2.34. The highest BCUT2D eigenvalue weighted by molar-refractivity contribution is 5.74. The van der Waals surface area contributed by atoms with Crippen molar-refractivity contribution >= 4 is 11.7 Å². The van der Waals surface area contributed by atoms with E-state index in [1.807, 2.05) is 0 Å². The molecule has 1 aliphatic heterocycles. The monoisotopic (exact) mass is 369 g/mol. The number of anilines is 1. The van der Waals surface area contributed by atoms with Crippen LogP contribution in [-0.4, -0.2) is 35.3 Å². The van der Waals surface area contributed by atoms with Crippen LogP contribution in [0.1, 0.15) is 55.8 Å². The fourth-order valence-corrected chi connectivity index (χ4v) is 3.49. The Balaban J connectivity index is 1.20. The average Bonchev–Trinajstić information content (AvgIpc) is 3.45. The van der Waals surface area contributed by atoms with Crippen molar-refractivity contribution in [3.8, 4) is 0 Å². The minimum atomic E-state index is -0.174. The molecular weight excluding hydrogens is 342 g/mol. The van der Waals surface area contributed by atoms with Crippen LogP contribution in [0.25, 0.3) is 0 Å². The third-order valence-electron chi connectivity index (χ3n) is 5.34. The molecule has 0 atom stereocenters. The van der Waals surface area contributed by atoms with E-state index in [0.29, 0.717) is 11.8 Å². The zero-order valence-corrected chi connectivity index (χ0v) is 15.8. The highest BCUT2D eigenvalue weighted by Crippen LogP contribution is 2.38. The molecular formula is C20H27N5O2. The molecule has 144 valence electrons. The predicted octanol–water partition coefficient (Wildman–Crippen LogP) is 2.98. The van der Waals surface area contributed by atoms with E-state index in [1.165, 1.54) is 11.3 Å². The summed E-state index contributed by atoms with van der Waals surface area (Å²) in [6.07, 6.45) is 5.20. The maximum Gasteiger partial charge on any atom is 0.315 e. The van der Waals surface area contributed by atoms with Gasteiger partial charge in [0.15, 0.2) is 5.82 Å². The molecule has 1 aliphatic carbocycles. The van der Waals surface area contributed by atoms with E-state index in [4.69, 9.17) is 4.52 Å². The summed E-state index contributed by atoms with van der Waals surface area (Å²) in [5.41, 5.74) is 2.64. The topological polar surface area (TPSA) is 83.3 Å². The Bertz CT molecular complexity index is 778. The molecule has 0 bridgehead atoms. The molecule has 2 heterocycles. The number of carbonyl (C=O) groups is 1. The maximum atomic E-state index is 12.1. The Morgan fingerprint density at radius 2 is 2.07 bits per heavy atom. The second-order valence-corrected chi connectivity index (χ2v) is 7.43. The summed E-state index contributed by atoms with van der Waals surface area (Å²) in [6, 6.07) is 8.74. The molecule has 2 N–H and O–H groups in total. The van der Waals surface area contributed by atoms with E-state index in [9.17, 15) is 4.79 Å². The van der Waals surface area contributed by atoms with Crippen molar-refractivity contribution in [3.05, 3.63) is 41.5 Å². The third kappa shape index (κ3) is 4.59. The molecule has 27 heavy (non-hydrogen) atoms. The van der Waals surface area contributed by atoms with Gasteiger partial charge in [-0.1, -0.05) is 24.2 Å². The number of benzene rings is 1. The van der Waals surface area contributed by atoms with Crippen LogP contribution in [0.5, 0.6) is 0 Å². The first-order chi connectivity index (χ1) is 13.2. The first-order valence-electron chi connectivity index (χ1n) is 9.92. The van der Waals surface area contributed by atoms with E-state index in [2.05, 4.69) is 56.9 Å². The Morgan fingerprint density at radius 1 is 1.26 bits per heavy atom. The molecule has 1 saturated carbocycles. The lowest BCUT2D eigenvalue weighted by molar-refractivity contribution is 0.232. The van der Waals surface area contributed by atoms with Gasteiger partial charge in [0.1, 0.15) is 0 Å². The summed E-state index contributed by atoms with van der Waals surface area (Å²) in [7, 11) is 0. The van der Waals surface area contributed by atoms with Gasteiger partial charge in [0.2, 0.25) is 5.89 Å². The fraction of sp³-hybridized carbons (Fsp3) is 0.550. The van der Waals surface area contributed by atoms with Gasteiger partial charge in [-0.3, -0.25) is 0 Å². The molecule has 2 amide bonds. The highest BCUT2D eigenvalue weighted by Gasteiger charge is 2.28. The van der Waals surface area contributed by atoms with Crippen LogP contribution in [0.3, 0.4) is 0 Å². The largest absolute Gasteiger partial charge is 0.371 e. The number of nitrogens with zero attached hydrogens (tertiary/aromatic N) is 3. The number of urea groups is 1. The molecule has 7 nitrogen and oxygen atoms in total. The lowest BCUT2D eigenvalue weighted by atomic mass is 10.0. The van der Waals surface area contributed by atoms with E-state index < -0.39 is 0 Å². The fourth-order valence-electron chi connectivity index (χ4n) is 3.49. The van der Waals surface area contributed by atoms with E-state index in [1.54, 1.807) is 0 Å². The van der Waals surface area contributed by atoms with Gasteiger partial charge < -0.3 is 20.1 Å². The molecule has 2 aromatic rings. The molecule has 1 aromatic heterocycles. The molecule has 1 saturated heterocycles. The van der Waals surface area contributed by atoms with Crippen LogP contribution >= 0.6 is 0 Å². The SMILES string of the molecule is CCc1cccc(N2CCC(NC(=O)NCc3nc(C4CC4)no3)CC2)c1. The number of carbonyl (C=O) groups excluding carboxylic acids is 1. The number of hydrogen-bond donors (Lipinski definition) is 2. The Labute approximate surface area is 159 Å². The van der Waals surface area contributed by atoms with Gasteiger partial charge >= 0.3 is 6.03 Å². The molecule has 0 unspecified atom stereocenters. The number of hydrogen-bond acceptors (Lipinski definition) is 5. The second kappa shape index (κ2) is 7.98. The van der Waals surface area contributed by atoms with Crippen molar-refractivity contribution in [1.29, 1.82) is 0 Å². The normalized spacial score (nSPS) is 17.7. The Morgan fingerprint density at radius 3 is 2.81 bits per heavy atom. The van der Waals surface area contributed by atoms with Crippen LogP contribution in [-0.2, 0) is 13.0 Å². The van der Waals surface area contributed by atoms with Crippen LogP contribution in [0, 0.1) is 0 Å². The predicted molar refractivity (Wildman–Crippen MR) is 103 cm³/mol. The van der Waals surface area contributed by atoms with Crippen molar-refractivity contribution in [2.45, 2.75) is 57.5 Å². The molecule has 4 rings (SSSR count). The lowest BCUT2D eigenvalue weighted by Crippen LogP contribution is -2.47. The minimum absolute atomic E-state index is 0.174. The Kier molecular flexibility index (Phi) is 5.27. The zero-order valence-electron chi connectivity index (χ0n) is 15.8. The molecule has 1 aromatic carbocycles. The summed E-state index contributed by atoms with van der Waals surface area (Å²) in [5.74, 6) is 1.70. The molecule has 7 heteroatoms. The molecule has 0 spiro atoms. The van der Waals surface area contributed by atoms with Crippen LogP contribution in [0.15, 0.2) is 28.8 Å². The number of aromatic nitrogens is 2. The highest BCUT2D eigenvalue weighted by atomic mass is 16.5. The van der Waals surface area contributed by atoms with Gasteiger partial charge in [0.05, 0.1) is 6.54 Å².